The second-order valence-corrected chi connectivity index (χ2v) is 12.9. The molecule has 0 aliphatic heterocycles. The van der Waals surface area contributed by atoms with Gasteiger partial charge in [0.1, 0.15) is 11.5 Å². The lowest BCUT2D eigenvalue weighted by molar-refractivity contribution is 0.253. The molecule has 0 heterocycles. The molecular weight excluding hydrogens is 617 g/mol. The first-order valence-corrected chi connectivity index (χ1v) is 17.8. The van der Waals surface area contributed by atoms with E-state index in [1.807, 2.05) is 0 Å². The molecule has 6 aromatic rings. The zero-order valence-electron chi connectivity index (χ0n) is 28.4. The van der Waals surface area contributed by atoms with Gasteiger partial charge < -0.3 is 19.7 Å². The molecule has 2 aliphatic carbocycles. The highest BCUT2D eigenvalue weighted by molar-refractivity contribution is 5.86. The molecule has 0 fully saturated rings. The van der Waals surface area contributed by atoms with Gasteiger partial charge in [-0.15, -0.1) is 0 Å². The van der Waals surface area contributed by atoms with Crippen LogP contribution in [0, 0.1) is 0 Å². The first-order valence-electron chi connectivity index (χ1n) is 17.8. The van der Waals surface area contributed by atoms with Crippen molar-refractivity contribution >= 4 is 0 Å². The summed E-state index contributed by atoms with van der Waals surface area (Å²) in [6.07, 6.45) is 4.26. The number of fused-ring (bicyclic) bond motifs is 6. The van der Waals surface area contributed by atoms with E-state index in [1.54, 1.807) is 0 Å². The molecule has 0 bridgehead atoms. The van der Waals surface area contributed by atoms with Gasteiger partial charge in [-0.2, -0.15) is 0 Å². The molecule has 6 aromatic carbocycles. The number of rotatable bonds is 12. The summed E-state index contributed by atoms with van der Waals surface area (Å²) in [5.74, 6) is 1.67. The fourth-order valence-corrected chi connectivity index (χ4v) is 7.51. The molecule has 2 aliphatic rings. The minimum Gasteiger partial charge on any atom is -0.494 e. The Morgan fingerprint density at radius 3 is 1.22 bits per heavy atom. The topological polar surface area (TPSA) is 58.9 Å². The lowest BCUT2D eigenvalue weighted by atomic mass is 9.68. The van der Waals surface area contributed by atoms with Gasteiger partial charge in [0.25, 0.3) is 0 Å². The van der Waals surface area contributed by atoms with Crippen LogP contribution in [0.5, 0.6) is 11.5 Å². The van der Waals surface area contributed by atoms with Crippen molar-refractivity contribution in [1.29, 1.82) is 0 Å². The van der Waals surface area contributed by atoms with Gasteiger partial charge in [0.2, 0.25) is 0 Å². The molecule has 2 N–H and O–H groups in total. The number of unbranched alkanes of at least 4 members (excludes halogenated alkanes) is 2. The lowest BCUT2D eigenvalue weighted by Crippen LogP contribution is -2.28. The van der Waals surface area contributed by atoms with Gasteiger partial charge in [-0.1, -0.05) is 121 Å². The maximum Gasteiger partial charge on any atom is 0.119 e. The van der Waals surface area contributed by atoms with Gasteiger partial charge in [0, 0.05) is 13.2 Å². The average Bonchev–Trinajstić information content (AvgIpc) is 3.70. The summed E-state index contributed by atoms with van der Waals surface area (Å²) in [7, 11) is 0. The number of hydrogen-bond acceptors (Lipinski definition) is 4. The first-order chi connectivity index (χ1) is 24.7. The van der Waals surface area contributed by atoms with Crippen LogP contribution in [0.1, 0.15) is 59.1 Å². The van der Waals surface area contributed by atoms with Crippen LogP contribution in [0.3, 0.4) is 0 Å². The third-order valence-corrected chi connectivity index (χ3v) is 9.88. The highest BCUT2D eigenvalue weighted by Gasteiger charge is 2.45. The van der Waals surface area contributed by atoms with Crippen molar-refractivity contribution in [3.63, 3.8) is 0 Å². The van der Waals surface area contributed by atoms with E-state index in [-0.39, 0.29) is 13.2 Å². The molecule has 0 aromatic heterocycles. The van der Waals surface area contributed by atoms with Crippen LogP contribution >= 0.6 is 0 Å². The van der Waals surface area contributed by atoms with Gasteiger partial charge in [-0.05, 0) is 112 Å². The Kier molecular flexibility index (Phi) is 10.4. The van der Waals surface area contributed by atoms with Gasteiger partial charge in [0.15, 0.2) is 0 Å². The van der Waals surface area contributed by atoms with Crippen molar-refractivity contribution in [2.75, 3.05) is 26.4 Å². The summed E-state index contributed by atoms with van der Waals surface area (Å²) in [6, 6.07) is 51.6. The molecule has 8 rings (SSSR count). The van der Waals surface area contributed by atoms with Crippen LogP contribution < -0.4 is 9.47 Å². The summed E-state index contributed by atoms with van der Waals surface area (Å²) < 4.78 is 11.9. The maximum atomic E-state index is 9.03. The SMILES string of the molecule is OCCCCOc1ccc(C2(c3ccc(OCCCCO)cc3)c3ccccc3-c3ccccc32)cc1.c1ccc2c(c1)Cc1ccccc1-2. The van der Waals surface area contributed by atoms with Crippen molar-refractivity contribution < 1.29 is 19.7 Å². The van der Waals surface area contributed by atoms with Crippen molar-refractivity contribution in [2.45, 2.75) is 37.5 Å². The molecule has 50 heavy (non-hydrogen) atoms. The summed E-state index contributed by atoms with van der Waals surface area (Å²) >= 11 is 0. The quantitative estimate of drug-likeness (QED) is 0.128. The number of aliphatic hydroxyl groups is 2. The van der Waals surface area contributed by atoms with Crippen molar-refractivity contribution in [3.05, 3.63) is 179 Å². The monoisotopic (exact) mass is 660 g/mol. The van der Waals surface area contributed by atoms with Crippen LogP contribution in [-0.2, 0) is 11.8 Å². The van der Waals surface area contributed by atoms with Crippen molar-refractivity contribution in [2.24, 2.45) is 0 Å². The third-order valence-electron chi connectivity index (χ3n) is 9.88. The predicted octanol–water partition coefficient (Wildman–Crippen LogP) is 9.61. The van der Waals surface area contributed by atoms with Crippen molar-refractivity contribution in [3.8, 4) is 33.8 Å². The van der Waals surface area contributed by atoms with Crippen LogP contribution in [0.4, 0.5) is 0 Å². The first kappa shape index (κ1) is 33.3. The normalized spacial score (nSPS) is 12.9. The molecule has 4 heteroatoms. The fourth-order valence-electron chi connectivity index (χ4n) is 7.51. The van der Waals surface area contributed by atoms with Crippen LogP contribution in [0.15, 0.2) is 146 Å². The number of aliphatic hydroxyl groups excluding tert-OH is 2. The Labute approximate surface area is 295 Å². The second-order valence-electron chi connectivity index (χ2n) is 12.9. The highest BCUT2D eigenvalue weighted by Crippen LogP contribution is 2.56. The van der Waals surface area contributed by atoms with Crippen molar-refractivity contribution in [1.82, 2.24) is 0 Å². The van der Waals surface area contributed by atoms with E-state index in [0.29, 0.717) is 13.2 Å². The summed E-state index contributed by atoms with van der Waals surface area (Å²) in [5.41, 5.74) is 12.7. The minimum atomic E-state index is -0.460. The summed E-state index contributed by atoms with van der Waals surface area (Å²) in [6.45, 7) is 1.57. The molecule has 0 amide bonds. The van der Waals surface area contributed by atoms with E-state index < -0.39 is 5.41 Å². The third kappa shape index (κ3) is 6.57. The van der Waals surface area contributed by atoms with Crippen LogP contribution in [-0.4, -0.2) is 36.6 Å². The molecular formula is C46H44O4. The standard InChI is InChI=1S/C33H34O4.C13H10/c34-21-5-7-23-36-27-17-13-25(14-18-27)33(26-15-19-28(20-16-26)37-24-8-6-22-35)31-11-3-1-9-29(31)30-10-2-4-12-32(30)33;1-3-7-12-10(5-1)9-11-6-2-4-8-13(11)12/h1-4,9-20,34-35H,5-8,21-24H2;1-8H,9H2. The average molecular weight is 661 g/mol. The Bertz CT molecular complexity index is 1870. The highest BCUT2D eigenvalue weighted by atomic mass is 16.5. The Morgan fingerprint density at radius 1 is 0.420 bits per heavy atom. The molecule has 0 unspecified atom stereocenters. The van der Waals surface area contributed by atoms with E-state index in [1.165, 1.54) is 55.6 Å². The zero-order chi connectivity index (χ0) is 34.2. The van der Waals surface area contributed by atoms with Gasteiger partial charge in [0.05, 0.1) is 18.6 Å². The van der Waals surface area contributed by atoms with Gasteiger partial charge >= 0.3 is 0 Å². The lowest BCUT2D eigenvalue weighted by Gasteiger charge is -2.34. The zero-order valence-corrected chi connectivity index (χ0v) is 28.4. The van der Waals surface area contributed by atoms with Crippen LogP contribution in [0.2, 0.25) is 0 Å². The van der Waals surface area contributed by atoms with E-state index >= 15 is 0 Å². The van der Waals surface area contributed by atoms with Gasteiger partial charge in [-0.3, -0.25) is 0 Å². The maximum absolute atomic E-state index is 9.03. The molecule has 0 radical (unpaired) electrons. The Morgan fingerprint density at radius 2 is 0.800 bits per heavy atom. The second kappa shape index (κ2) is 15.6. The summed E-state index contributed by atoms with van der Waals surface area (Å²) in [4.78, 5) is 0. The van der Waals surface area contributed by atoms with E-state index in [0.717, 1.165) is 43.6 Å². The molecule has 252 valence electrons. The smallest absolute Gasteiger partial charge is 0.119 e. The minimum absolute atomic E-state index is 0.191. The molecule has 0 saturated carbocycles. The molecule has 0 atom stereocenters. The number of hydrogen-bond donors (Lipinski definition) is 2. The summed E-state index contributed by atoms with van der Waals surface area (Å²) in [5, 5.41) is 18.1. The molecule has 0 saturated heterocycles. The largest absolute Gasteiger partial charge is 0.494 e. The van der Waals surface area contributed by atoms with E-state index in [2.05, 4.69) is 146 Å². The van der Waals surface area contributed by atoms with Gasteiger partial charge in [-0.25, -0.2) is 0 Å². The Balaban J connectivity index is 0.000000249. The molecule has 0 spiro atoms. The molecule has 4 nitrogen and oxygen atoms in total. The van der Waals surface area contributed by atoms with E-state index in [9.17, 15) is 0 Å². The predicted molar refractivity (Wildman–Crippen MR) is 202 cm³/mol. The fraction of sp³-hybridized carbons (Fsp3) is 0.217. The Hall–Kier alpha value is -5.16. The number of benzene rings is 6. The van der Waals surface area contributed by atoms with E-state index in [4.69, 9.17) is 19.7 Å². The van der Waals surface area contributed by atoms with Crippen LogP contribution in [0.25, 0.3) is 22.3 Å². The number of ether oxygens (including phenoxy) is 2.